The molecular formula is C16H21N5OS. The molecule has 1 amide bonds. The normalized spacial score (nSPS) is 16.7. The van der Waals surface area contributed by atoms with E-state index in [-0.39, 0.29) is 12.3 Å². The summed E-state index contributed by atoms with van der Waals surface area (Å²) in [5, 5.41) is 4.59. The second kappa shape index (κ2) is 5.42. The summed E-state index contributed by atoms with van der Waals surface area (Å²) in [7, 11) is 5.65. The fourth-order valence-corrected chi connectivity index (χ4v) is 4.19. The zero-order chi connectivity index (χ0) is 16.1. The second-order valence-electron chi connectivity index (χ2n) is 6.56. The van der Waals surface area contributed by atoms with Crippen molar-refractivity contribution in [3.63, 3.8) is 0 Å². The molecule has 1 aliphatic carbocycles. The molecule has 0 radical (unpaired) electrons. The average Bonchev–Trinajstić information content (AvgIpc) is 3.16. The third-order valence-electron chi connectivity index (χ3n) is 4.59. The van der Waals surface area contributed by atoms with Crippen LogP contribution in [0.5, 0.6) is 0 Å². The van der Waals surface area contributed by atoms with Gasteiger partial charge in [-0.25, -0.2) is 9.97 Å². The summed E-state index contributed by atoms with van der Waals surface area (Å²) in [4.78, 5) is 27.8. The van der Waals surface area contributed by atoms with Gasteiger partial charge < -0.3 is 15.1 Å². The molecule has 1 saturated carbocycles. The molecule has 1 aliphatic heterocycles. The van der Waals surface area contributed by atoms with Crippen LogP contribution in [0.15, 0.2) is 0 Å². The Morgan fingerprint density at radius 3 is 2.74 bits per heavy atom. The average molecular weight is 331 g/mol. The van der Waals surface area contributed by atoms with Gasteiger partial charge in [-0.2, -0.15) is 0 Å². The van der Waals surface area contributed by atoms with Crippen molar-refractivity contribution in [3.8, 4) is 0 Å². The number of hydrogen-bond acceptors (Lipinski definition) is 6. The number of carbonyl (C=O) groups is 1. The molecule has 7 heteroatoms. The van der Waals surface area contributed by atoms with E-state index in [0.29, 0.717) is 11.9 Å². The first-order chi connectivity index (χ1) is 11.0. The predicted octanol–water partition coefficient (Wildman–Crippen LogP) is 1.52. The highest BCUT2D eigenvalue weighted by Gasteiger charge is 2.31. The SMILES string of the molecule is CN(C)C(=O)Cc1nc(N(C)C2CC2)c2c3c(sc2n1)CNC3. The number of aromatic nitrogens is 2. The van der Waals surface area contributed by atoms with Gasteiger partial charge in [-0.15, -0.1) is 11.3 Å². The Hall–Kier alpha value is -1.73. The lowest BCUT2D eigenvalue weighted by molar-refractivity contribution is -0.128. The van der Waals surface area contributed by atoms with E-state index in [0.717, 1.165) is 23.7 Å². The first-order valence-electron chi connectivity index (χ1n) is 7.99. The summed E-state index contributed by atoms with van der Waals surface area (Å²) in [5.74, 6) is 1.67. The van der Waals surface area contributed by atoms with E-state index >= 15 is 0 Å². The highest BCUT2D eigenvalue weighted by molar-refractivity contribution is 7.19. The lowest BCUT2D eigenvalue weighted by Gasteiger charge is -2.20. The Balaban J connectivity index is 1.82. The zero-order valence-corrected chi connectivity index (χ0v) is 14.5. The highest BCUT2D eigenvalue weighted by atomic mass is 32.1. The molecule has 4 rings (SSSR count). The van der Waals surface area contributed by atoms with E-state index in [9.17, 15) is 4.79 Å². The molecule has 1 fully saturated rings. The van der Waals surface area contributed by atoms with Crippen LogP contribution in [0.2, 0.25) is 0 Å². The summed E-state index contributed by atoms with van der Waals surface area (Å²) < 4.78 is 0. The first-order valence-corrected chi connectivity index (χ1v) is 8.81. The Morgan fingerprint density at radius 1 is 1.26 bits per heavy atom. The molecule has 0 atom stereocenters. The van der Waals surface area contributed by atoms with Gasteiger partial charge in [-0.3, -0.25) is 4.79 Å². The minimum Gasteiger partial charge on any atom is -0.356 e. The van der Waals surface area contributed by atoms with Crippen LogP contribution in [0.3, 0.4) is 0 Å². The maximum absolute atomic E-state index is 12.0. The molecule has 1 N–H and O–H groups in total. The quantitative estimate of drug-likeness (QED) is 0.920. The van der Waals surface area contributed by atoms with Gasteiger partial charge in [-0.1, -0.05) is 0 Å². The van der Waals surface area contributed by atoms with Gasteiger partial charge in [0.15, 0.2) is 0 Å². The van der Waals surface area contributed by atoms with Gasteiger partial charge in [-0.05, 0) is 18.4 Å². The van der Waals surface area contributed by atoms with Crippen molar-refractivity contribution in [2.45, 2.75) is 38.4 Å². The van der Waals surface area contributed by atoms with Crippen LogP contribution in [0, 0.1) is 0 Å². The van der Waals surface area contributed by atoms with E-state index in [1.54, 1.807) is 30.3 Å². The standard InChI is InChI=1S/C16H21N5OS/c1-20(2)13(22)6-12-18-15(21(3)9-4-5-9)14-10-7-17-8-11(10)23-16(14)19-12/h9,17H,4-8H2,1-3H3. The number of hydrogen-bond donors (Lipinski definition) is 1. The molecule has 0 spiro atoms. The van der Waals surface area contributed by atoms with Gasteiger partial charge in [0.2, 0.25) is 5.91 Å². The molecular weight excluding hydrogens is 310 g/mol. The minimum absolute atomic E-state index is 0.0372. The van der Waals surface area contributed by atoms with Gasteiger partial charge >= 0.3 is 0 Å². The van der Waals surface area contributed by atoms with Crippen LogP contribution in [0.4, 0.5) is 5.82 Å². The lowest BCUT2D eigenvalue weighted by Crippen LogP contribution is -2.26. The van der Waals surface area contributed by atoms with Crippen LogP contribution in [-0.2, 0) is 24.3 Å². The molecule has 3 heterocycles. The molecule has 0 saturated heterocycles. The van der Waals surface area contributed by atoms with Crippen molar-refractivity contribution >= 4 is 33.3 Å². The van der Waals surface area contributed by atoms with Gasteiger partial charge in [0, 0.05) is 45.2 Å². The van der Waals surface area contributed by atoms with E-state index in [1.807, 2.05) is 0 Å². The maximum atomic E-state index is 12.0. The largest absolute Gasteiger partial charge is 0.356 e. The Morgan fingerprint density at radius 2 is 2.04 bits per heavy atom. The summed E-state index contributed by atoms with van der Waals surface area (Å²) in [5.41, 5.74) is 1.35. The zero-order valence-electron chi connectivity index (χ0n) is 13.7. The Kier molecular flexibility index (Phi) is 3.50. The summed E-state index contributed by atoms with van der Waals surface area (Å²) in [6.07, 6.45) is 2.70. The van der Waals surface area contributed by atoms with Crippen LogP contribution < -0.4 is 10.2 Å². The van der Waals surface area contributed by atoms with Crippen molar-refractivity contribution in [2.75, 3.05) is 26.0 Å². The molecule has 2 aromatic rings. The summed E-state index contributed by atoms with van der Waals surface area (Å²) >= 11 is 1.73. The molecule has 0 aromatic carbocycles. The number of nitrogens with zero attached hydrogens (tertiary/aromatic N) is 4. The van der Waals surface area contributed by atoms with Crippen molar-refractivity contribution in [1.29, 1.82) is 0 Å². The van der Waals surface area contributed by atoms with Gasteiger partial charge in [0.25, 0.3) is 0 Å². The number of anilines is 1. The molecule has 122 valence electrons. The number of thiophene rings is 1. The third kappa shape index (κ3) is 2.57. The fraction of sp³-hybridized carbons (Fsp3) is 0.562. The molecule has 0 bridgehead atoms. The van der Waals surface area contributed by atoms with Crippen LogP contribution in [0.1, 0.15) is 29.1 Å². The smallest absolute Gasteiger partial charge is 0.229 e. The van der Waals surface area contributed by atoms with Crippen molar-refractivity contribution in [1.82, 2.24) is 20.2 Å². The molecule has 23 heavy (non-hydrogen) atoms. The van der Waals surface area contributed by atoms with Crippen LogP contribution >= 0.6 is 11.3 Å². The van der Waals surface area contributed by atoms with Crippen molar-refractivity contribution < 1.29 is 4.79 Å². The van der Waals surface area contributed by atoms with Crippen LogP contribution in [0.25, 0.3) is 10.2 Å². The van der Waals surface area contributed by atoms with E-state index in [1.165, 1.54) is 28.7 Å². The van der Waals surface area contributed by atoms with Gasteiger partial charge in [0.1, 0.15) is 16.5 Å². The number of rotatable bonds is 4. The van der Waals surface area contributed by atoms with Crippen molar-refractivity contribution in [3.05, 3.63) is 16.3 Å². The molecule has 0 unspecified atom stereocenters. The fourth-order valence-electron chi connectivity index (χ4n) is 3.02. The monoisotopic (exact) mass is 331 g/mol. The molecule has 6 nitrogen and oxygen atoms in total. The highest BCUT2D eigenvalue weighted by Crippen LogP contribution is 2.40. The predicted molar refractivity (Wildman–Crippen MR) is 91.8 cm³/mol. The van der Waals surface area contributed by atoms with Crippen molar-refractivity contribution in [2.24, 2.45) is 0 Å². The number of fused-ring (bicyclic) bond motifs is 3. The van der Waals surface area contributed by atoms with Gasteiger partial charge in [0.05, 0.1) is 11.8 Å². The topological polar surface area (TPSA) is 61.4 Å². The van der Waals surface area contributed by atoms with E-state index in [2.05, 4.69) is 22.2 Å². The van der Waals surface area contributed by atoms with E-state index in [4.69, 9.17) is 4.98 Å². The number of nitrogens with one attached hydrogen (secondary N) is 1. The first kappa shape index (κ1) is 14.8. The number of likely N-dealkylation sites (N-methyl/N-ethyl adjacent to an activating group) is 1. The number of carbonyl (C=O) groups excluding carboxylic acids is 1. The maximum Gasteiger partial charge on any atom is 0.229 e. The minimum atomic E-state index is 0.0372. The molecule has 2 aromatic heterocycles. The third-order valence-corrected chi connectivity index (χ3v) is 5.71. The Bertz CT molecular complexity index is 780. The summed E-state index contributed by atoms with van der Waals surface area (Å²) in [6.45, 7) is 1.80. The summed E-state index contributed by atoms with van der Waals surface area (Å²) in [6, 6.07) is 0.579. The number of amides is 1. The molecule has 2 aliphatic rings. The van der Waals surface area contributed by atoms with Crippen LogP contribution in [-0.4, -0.2) is 48.0 Å². The lowest BCUT2D eigenvalue weighted by atomic mass is 10.2. The van der Waals surface area contributed by atoms with E-state index < -0.39 is 0 Å². The Labute approximate surface area is 139 Å². The second-order valence-corrected chi connectivity index (χ2v) is 7.64.